The number of carbonyl (C=O) groups excluding carboxylic acids is 9. The molecule has 0 aliphatic carbocycles. The summed E-state index contributed by atoms with van der Waals surface area (Å²) < 4.78 is 0. The molecule has 22 N–H and O–H groups in total. The van der Waals surface area contributed by atoms with E-state index in [1.165, 1.54) is 12.5 Å². The monoisotopic (exact) mass is 1140 g/mol. The van der Waals surface area contributed by atoms with Crippen LogP contribution >= 0.6 is 0 Å². The number of aliphatic hydroxyl groups excluding tert-OH is 1. The summed E-state index contributed by atoms with van der Waals surface area (Å²) in [5, 5.41) is 49.1. The fourth-order valence-corrected chi connectivity index (χ4v) is 8.02. The first-order chi connectivity index (χ1) is 38.3. The number of nitrogens with zero attached hydrogens (tertiary/aromatic N) is 2. The molecular formula is C51H82N16O14. The quantitative estimate of drug-likeness (QED) is 0.0170. The standard InChI is InChI=1S/C51H82N16O14/c1-5-28(4)41(67-44(74)32(15-11-19-58-51(55)56)60-48(78)38(25-68)66-42(72)31(53)20-27(2)3)49(79)65-37(23-39(54)69)47(77)64-36(22-30-24-57-26-59-30)46(76)63-35(21-29-12-7-6-8-13-29)45(75)61-33(16-17-40(70)71)43(73)62-34(50(80)81)14-9-10-18-52/h6-8,12-13,24,26-28,31-38,41,68H,5,9-11,14-23,25,52-53H2,1-4H3,(H2,54,69)(H,57,59)(H,60,78)(H,61,75)(H,62,73)(H,63,76)(H,64,77)(H,65,79)(H,66,72)(H,67,74)(H,70,71)(H,80,81)(H4,55,56,58)/t28-,31-,32-,33-,34-,35-,36-,37-,38-,41-/m0/s1. The van der Waals surface area contributed by atoms with Crippen molar-refractivity contribution in [1.29, 1.82) is 0 Å². The number of carboxylic acids is 2. The molecule has 450 valence electrons. The number of unbranched alkanes of at least 4 members (excludes halogenated alkanes) is 1. The topological polar surface area (TPSA) is 516 Å². The zero-order valence-corrected chi connectivity index (χ0v) is 46.1. The number of benzene rings is 1. The summed E-state index contributed by atoms with van der Waals surface area (Å²) >= 11 is 0. The van der Waals surface area contributed by atoms with Gasteiger partial charge in [0.2, 0.25) is 53.2 Å². The van der Waals surface area contributed by atoms with Crippen LogP contribution in [0.3, 0.4) is 0 Å². The van der Waals surface area contributed by atoms with Crippen molar-refractivity contribution in [2.75, 3.05) is 19.7 Å². The molecule has 0 spiro atoms. The average Bonchev–Trinajstić information content (AvgIpc) is 3.94. The van der Waals surface area contributed by atoms with E-state index < -0.39 is 151 Å². The highest BCUT2D eigenvalue weighted by Crippen LogP contribution is 2.13. The lowest BCUT2D eigenvalue weighted by Crippen LogP contribution is -2.62. The van der Waals surface area contributed by atoms with Gasteiger partial charge in [-0.1, -0.05) is 64.4 Å². The molecular weight excluding hydrogens is 1060 g/mol. The first kappa shape index (κ1) is 68.9. The summed E-state index contributed by atoms with van der Waals surface area (Å²) in [6, 6.07) is -5.26. The van der Waals surface area contributed by atoms with Crippen molar-refractivity contribution in [3.8, 4) is 0 Å². The highest BCUT2D eigenvalue weighted by molar-refractivity contribution is 5.99. The Hall–Kier alpha value is -8.25. The molecule has 1 heterocycles. The number of aliphatic hydroxyl groups is 1. The van der Waals surface area contributed by atoms with Crippen molar-refractivity contribution >= 4 is 71.1 Å². The Balaban J connectivity index is 2.53. The van der Waals surface area contributed by atoms with E-state index in [2.05, 4.69) is 57.5 Å². The Morgan fingerprint density at radius 3 is 1.68 bits per heavy atom. The van der Waals surface area contributed by atoms with Crippen LogP contribution in [0.25, 0.3) is 0 Å². The third-order valence-electron chi connectivity index (χ3n) is 12.7. The van der Waals surface area contributed by atoms with Crippen molar-refractivity contribution in [2.24, 2.45) is 45.5 Å². The summed E-state index contributed by atoms with van der Waals surface area (Å²) in [4.78, 5) is 158. The minimum Gasteiger partial charge on any atom is -0.481 e. The molecule has 1 aromatic heterocycles. The average molecular weight is 1140 g/mol. The highest BCUT2D eigenvalue weighted by Gasteiger charge is 2.37. The number of aromatic nitrogens is 2. The minimum atomic E-state index is -1.82. The number of nitrogens with two attached hydrogens (primary N) is 5. The molecule has 0 unspecified atom stereocenters. The van der Waals surface area contributed by atoms with Crippen LogP contribution in [-0.2, 0) is 65.6 Å². The van der Waals surface area contributed by atoms with Gasteiger partial charge in [0.1, 0.15) is 48.3 Å². The number of hydrogen-bond acceptors (Lipinski definition) is 16. The normalized spacial score (nSPS) is 14.8. The molecule has 9 amide bonds. The van der Waals surface area contributed by atoms with E-state index in [9.17, 15) is 68.1 Å². The number of carboxylic acid groups (broad SMARTS) is 2. The van der Waals surface area contributed by atoms with Crippen molar-refractivity contribution in [3.63, 3.8) is 0 Å². The van der Waals surface area contributed by atoms with Crippen molar-refractivity contribution in [2.45, 2.75) is 159 Å². The molecule has 2 rings (SSSR count). The summed E-state index contributed by atoms with van der Waals surface area (Å²) in [5.41, 5.74) is 28.8. The number of carbonyl (C=O) groups is 11. The minimum absolute atomic E-state index is 0.00647. The third kappa shape index (κ3) is 26.1. The summed E-state index contributed by atoms with van der Waals surface area (Å²) in [5.74, 6) is -12.5. The van der Waals surface area contributed by atoms with Crippen LogP contribution in [0, 0.1) is 11.8 Å². The van der Waals surface area contributed by atoms with Crippen LogP contribution in [-0.4, -0.2) is 170 Å². The van der Waals surface area contributed by atoms with E-state index in [-0.39, 0.29) is 75.6 Å². The Morgan fingerprint density at radius 1 is 0.630 bits per heavy atom. The summed E-state index contributed by atoms with van der Waals surface area (Å²) in [6.07, 6.45) is 1.31. The molecule has 30 heteroatoms. The lowest BCUT2D eigenvalue weighted by atomic mass is 9.96. The number of aliphatic carboxylic acids is 2. The van der Waals surface area contributed by atoms with Gasteiger partial charge in [0, 0.05) is 37.7 Å². The Bertz CT molecular complexity index is 2430. The zero-order valence-electron chi connectivity index (χ0n) is 46.1. The zero-order chi connectivity index (χ0) is 60.8. The number of hydrogen-bond donors (Lipinski definition) is 17. The van der Waals surface area contributed by atoms with E-state index in [1.54, 1.807) is 44.2 Å². The van der Waals surface area contributed by atoms with Crippen molar-refractivity contribution < 1.29 is 68.1 Å². The van der Waals surface area contributed by atoms with Crippen molar-refractivity contribution in [1.82, 2.24) is 52.5 Å². The lowest BCUT2D eigenvalue weighted by molar-refractivity contribution is -0.143. The second kappa shape index (κ2) is 36.1. The van der Waals surface area contributed by atoms with Gasteiger partial charge in [0.05, 0.1) is 25.4 Å². The SMILES string of the molecule is CC[C@H](C)[C@H](NC(=O)[C@H](CCCN=C(N)N)NC(=O)[C@H](CO)NC(=O)[C@@H](N)CC(C)C)C(=O)N[C@@H](CC(N)=O)C(=O)N[C@@H](Cc1cnc[nH]1)C(=O)N[C@@H](Cc1ccccc1)C(=O)N[C@@H](CCC(=O)O)C(=O)N[C@@H](CCCCN)C(=O)O. The molecule has 0 fully saturated rings. The van der Waals surface area contributed by atoms with Crippen LogP contribution in [0.1, 0.15) is 103 Å². The number of nitrogens with one attached hydrogen (secondary N) is 9. The van der Waals surface area contributed by atoms with Crippen LogP contribution in [0.5, 0.6) is 0 Å². The molecule has 10 atom stereocenters. The number of imidazole rings is 1. The van der Waals surface area contributed by atoms with Gasteiger partial charge in [0.15, 0.2) is 5.96 Å². The molecule has 1 aromatic carbocycles. The van der Waals surface area contributed by atoms with Gasteiger partial charge in [-0.3, -0.25) is 52.9 Å². The van der Waals surface area contributed by atoms with Crippen LogP contribution in [0.4, 0.5) is 0 Å². The summed E-state index contributed by atoms with van der Waals surface area (Å²) in [6.45, 7) is 6.33. The molecule has 0 aliphatic heterocycles. The van der Waals surface area contributed by atoms with Gasteiger partial charge in [-0.05, 0) is 68.9 Å². The number of amides is 9. The smallest absolute Gasteiger partial charge is 0.326 e. The maximum atomic E-state index is 14.5. The second-order valence-electron chi connectivity index (χ2n) is 19.9. The fraction of sp³-hybridized carbons (Fsp3) is 0.588. The molecule has 0 saturated carbocycles. The molecule has 0 aliphatic rings. The predicted octanol–water partition coefficient (Wildman–Crippen LogP) is -4.51. The largest absolute Gasteiger partial charge is 0.481 e. The number of rotatable bonds is 39. The van der Waals surface area contributed by atoms with E-state index >= 15 is 0 Å². The number of primary amides is 1. The second-order valence-corrected chi connectivity index (χ2v) is 19.9. The van der Waals surface area contributed by atoms with Gasteiger partial charge in [-0.2, -0.15) is 0 Å². The number of guanidine groups is 1. The predicted molar refractivity (Wildman–Crippen MR) is 293 cm³/mol. The van der Waals surface area contributed by atoms with Gasteiger partial charge in [0.25, 0.3) is 0 Å². The lowest BCUT2D eigenvalue weighted by Gasteiger charge is -2.29. The molecule has 2 aromatic rings. The van der Waals surface area contributed by atoms with Gasteiger partial charge in [-0.25, -0.2) is 9.78 Å². The van der Waals surface area contributed by atoms with Crippen LogP contribution in [0.15, 0.2) is 47.8 Å². The highest BCUT2D eigenvalue weighted by atomic mass is 16.4. The first-order valence-electron chi connectivity index (χ1n) is 26.6. The van der Waals surface area contributed by atoms with Gasteiger partial charge < -0.3 is 91.5 Å². The van der Waals surface area contributed by atoms with Crippen molar-refractivity contribution in [3.05, 3.63) is 54.1 Å². The molecule has 30 nitrogen and oxygen atoms in total. The summed E-state index contributed by atoms with van der Waals surface area (Å²) in [7, 11) is 0. The number of aliphatic imine (C=N–C) groups is 1. The van der Waals surface area contributed by atoms with Gasteiger partial charge >= 0.3 is 11.9 Å². The van der Waals surface area contributed by atoms with E-state index in [4.69, 9.17) is 28.7 Å². The first-order valence-corrected chi connectivity index (χ1v) is 26.6. The maximum Gasteiger partial charge on any atom is 0.326 e. The van der Waals surface area contributed by atoms with Crippen LogP contribution < -0.4 is 71.2 Å². The number of aromatic amines is 1. The van der Waals surface area contributed by atoms with E-state index in [0.29, 0.717) is 18.4 Å². The van der Waals surface area contributed by atoms with E-state index in [0.717, 1.165) is 0 Å². The van der Waals surface area contributed by atoms with Crippen LogP contribution in [0.2, 0.25) is 0 Å². The maximum absolute atomic E-state index is 14.5. The third-order valence-corrected chi connectivity index (χ3v) is 12.7. The Morgan fingerprint density at radius 2 is 1.15 bits per heavy atom. The fourth-order valence-electron chi connectivity index (χ4n) is 8.02. The molecule has 0 saturated heterocycles. The number of H-pyrrole nitrogens is 1. The van der Waals surface area contributed by atoms with E-state index in [1.807, 2.05) is 13.8 Å². The molecule has 81 heavy (non-hydrogen) atoms. The molecule has 0 radical (unpaired) electrons. The Labute approximate surface area is 468 Å². The Kier molecular flexibility index (Phi) is 30.7. The van der Waals surface area contributed by atoms with Gasteiger partial charge in [-0.15, -0.1) is 0 Å². The molecule has 0 bridgehead atoms.